The van der Waals surface area contributed by atoms with Gasteiger partial charge in [-0.2, -0.15) is 0 Å². The van der Waals surface area contributed by atoms with Gasteiger partial charge in [0.15, 0.2) is 17.3 Å². The van der Waals surface area contributed by atoms with Crippen molar-refractivity contribution < 1.29 is 28.3 Å². The van der Waals surface area contributed by atoms with Crippen LogP contribution in [0.5, 0.6) is 5.75 Å². The number of benzene rings is 1. The van der Waals surface area contributed by atoms with Crippen LogP contribution >= 0.6 is 0 Å². The summed E-state index contributed by atoms with van der Waals surface area (Å²) in [6.07, 6.45) is 0. The standard InChI is InChI=1S/C16H17FN2O5/c1-9(2)7-18-14(21)15(22)19(16(18)23)8-12(20)10-4-5-13(24-3)11(17)6-10/h4-6,9H,7-8H2,1-3H3. The lowest BCUT2D eigenvalue weighted by Crippen LogP contribution is -2.38. The predicted molar refractivity (Wildman–Crippen MR) is 80.9 cm³/mol. The van der Waals surface area contributed by atoms with Crippen molar-refractivity contribution in [2.24, 2.45) is 5.92 Å². The van der Waals surface area contributed by atoms with Crippen molar-refractivity contribution in [3.63, 3.8) is 0 Å². The minimum absolute atomic E-state index is 0.0166. The molecule has 0 bridgehead atoms. The average Bonchev–Trinajstić information content (AvgIpc) is 2.72. The topological polar surface area (TPSA) is 84.0 Å². The van der Waals surface area contributed by atoms with Crippen LogP contribution in [0.25, 0.3) is 0 Å². The zero-order chi connectivity index (χ0) is 18.0. The quantitative estimate of drug-likeness (QED) is 0.446. The van der Waals surface area contributed by atoms with Gasteiger partial charge in [-0.15, -0.1) is 0 Å². The first-order chi connectivity index (χ1) is 11.3. The largest absolute Gasteiger partial charge is 0.494 e. The summed E-state index contributed by atoms with van der Waals surface area (Å²) in [7, 11) is 1.29. The molecule has 24 heavy (non-hydrogen) atoms. The van der Waals surface area contributed by atoms with E-state index in [1.165, 1.54) is 19.2 Å². The highest BCUT2D eigenvalue weighted by atomic mass is 19.1. The highest BCUT2D eigenvalue weighted by molar-refractivity contribution is 6.45. The van der Waals surface area contributed by atoms with Crippen molar-refractivity contribution in [3.05, 3.63) is 29.6 Å². The Kier molecular flexibility index (Phi) is 4.96. The number of Topliss-reactive ketones (excluding diaryl/α,β-unsaturated/α-hetero) is 1. The van der Waals surface area contributed by atoms with Gasteiger partial charge in [0.25, 0.3) is 0 Å². The Morgan fingerprint density at radius 2 is 1.79 bits per heavy atom. The maximum Gasteiger partial charge on any atom is 0.334 e. The normalized spacial score (nSPS) is 14.8. The number of hydrogen-bond donors (Lipinski definition) is 0. The molecule has 0 unspecified atom stereocenters. The van der Waals surface area contributed by atoms with Crippen LogP contribution in [0, 0.1) is 11.7 Å². The third kappa shape index (κ3) is 3.27. The molecule has 0 aliphatic carbocycles. The number of urea groups is 1. The third-order valence-electron chi connectivity index (χ3n) is 3.46. The van der Waals surface area contributed by atoms with E-state index in [-0.39, 0.29) is 23.8 Å². The first-order valence-corrected chi connectivity index (χ1v) is 7.30. The number of halogens is 1. The second-order valence-electron chi connectivity index (χ2n) is 5.76. The Balaban J connectivity index is 2.16. The van der Waals surface area contributed by atoms with Gasteiger partial charge in [0.1, 0.15) is 0 Å². The van der Waals surface area contributed by atoms with Gasteiger partial charge < -0.3 is 4.74 Å². The summed E-state index contributed by atoms with van der Waals surface area (Å²) in [6.45, 7) is 3.05. The van der Waals surface area contributed by atoms with Gasteiger partial charge in [0, 0.05) is 12.1 Å². The molecule has 128 valence electrons. The molecule has 1 fully saturated rings. The molecule has 0 aromatic heterocycles. The minimum atomic E-state index is -1.05. The molecule has 1 aliphatic rings. The number of hydrogen-bond acceptors (Lipinski definition) is 5. The molecule has 1 aliphatic heterocycles. The van der Waals surface area contributed by atoms with E-state index in [0.29, 0.717) is 4.90 Å². The molecule has 8 heteroatoms. The van der Waals surface area contributed by atoms with Crippen LogP contribution in [0.2, 0.25) is 0 Å². The Labute approximate surface area is 138 Å². The van der Waals surface area contributed by atoms with Gasteiger partial charge in [-0.25, -0.2) is 14.1 Å². The van der Waals surface area contributed by atoms with E-state index in [2.05, 4.69) is 0 Å². The van der Waals surface area contributed by atoms with E-state index in [4.69, 9.17) is 4.74 Å². The molecule has 1 aromatic rings. The van der Waals surface area contributed by atoms with Gasteiger partial charge in [0.05, 0.1) is 13.7 Å². The van der Waals surface area contributed by atoms with Crippen molar-refractivity contribution in [1.82, 2.24) is 9.80 Å². The van der Waals surface area contributed by atoms with Crippen molar-refractivity contribution in [1.29, 1.82) is 0 Å². The molecule has 0 N–H and O–H groups in total. The molecule has 0 spiro atoms. The van der Waals surface area contributed by atoms with Crippen molar-refractivity contribution in [2.45, 2.75) is 13.8 Å². The van der Waals surface area contributed by atoms with Crippen LogP contribution in [0.4, 0.5) is 9.18 Å². The highest BCUT2D eigenvalue weighted by Gasteiger charge is 2.45. The summed E-state index contributed by atoms with van der Waals surface area (Å²) in [4.78, 5) is 49.5. The van der Waals surface area contributed by atoms with Gasteiger partial charge >= 0.3 is 17.8 Å². The lowest BCUT2D eigenvalue weighted by Gasteiger charge is -2.16. The number of carbonyl (C=O) groups is 4. The first-order valence-electron chi connectivity index (χ1n) is 7.30. The zero-order valence-corrected chi connectivity index (χ0v) is 13.5. The molecule has 0 saturated carbocycles. The van der Waals surface area contributed by atoms with Crippen LogP contribution in [-0.2, 0) is 9.59 Å². The maximum absolute atomic E-state index is 13.7. The van der Waals surface area contributed by atoms with Gasteiger partial charge in [-0.1, -0.05) is 13.8 Å². The molecule has 0 radical (unpaired) electrons. The van der Waals surface area contributed by atoms with Gasteiger partial charge in [0.2, 0.25) is 0 Å². The molecule has 7 nitrogen and oxygen atoms in total. The van der Waals surface area contributed by atoms with Crippen molar-refractivity contribution in [3.8, 4) is 5.75 Å². The Morgan fingerprint density at radius 1 is 1.17 bits per heavy atom. The summed E-state index contributed by atoms with van der Waals surface area (Å²) >= 11 is 0. The fourth-order valence-electron chi connectivity index (χ4n) is 2.29. The lowest BCUT2D eigenvalue weighted by molar-refractivity contribution is -0.143. The SMILES string of the molecule is COc1ccc(C(=O)CN2C(=O)C(=O)N(CC(C)C)C2=O)cc1F. The third-order valence-corrected chi connectivity index (χ3v) is 3.46. The summed E-state index contributed by atoms with van der Waals surface area (Å²) in [5, 5.41) is 0. The Morgan fingerprint density at radius 3 is 2.33 bits per heavy atom. The number of imide groups is 2. The van der Waals surface area contributed by atoms with Crippen LogP contribution in [0.1, 0.15) is 24.2 Å². The smallest absolute Gasteiger partial charge is 0.334 e. The highest BCUT2D eigenvalue weighted by Crippen LogP contribution is 2.19. The Hall–Kier alpha value is -2.77. The molecule has 4 amide bonds. The number of ether oxygens (including phenoxy) is 1. The number of amides is 4. The number of nitrogens with zero attached hydrogens (tertiary/aromatic N) is 2. The molecular weight excluding hydrogens is 319 g/mol. The van der Waals surface area contributed by atoms with Crippen LogP contribution in [0.3, 0.4) is 0 Å². The van der Waals surface area contributed by atoms with E-state index < -0.39 is 36.0 Å². The molecule has 2 rings (SSSR count). The summed E-state index contributed by atoms with van der Waals surface area (Å²) in [6, 6.07) is 2.72. The lowest BCUT2D eigenvalue weighted by atomic mass is 10.1. The van der Waals surface area contributed by atoms with Crippen LogP contribution in [-0.4, -0.2) is 53.6 Å². The molecule has 1 saturated heterocycles. The van der Waals surface area contributed by atoms with Crippen LogP contribution < -0.4 is 4.74 Å². The number of ketones is 1. The second kappa shape index (κ2) is 6.77. The second-order valence-corrected chi connectivity index (χ2v) is 5.76. The van der Waals surface area contributed by atoms with Gasteiger partial charge in [-0.05, 0) is 24.1 Å². The zero-order valence-electron chi connectivity index (χ0n) is 13.5. The van der Waals surface area contributed by atoms with E-state index in [1.54, 1.807) is 13.8 Å². The fourth-order valence-corrected chi connectivity index (χ4v) is 2.29. The number of carbonyl (C=O) groups excluding carboxylic acids is 4. The van der Waals surface area contributed by atoms with Gasteiger partial charge in [-0.3, -0.25) is 19.3 Å². The maximum atomic E-state index is 13.7. The van der Waals surface area contributed by atoms with E-state index >= 15 is 0 Å². The number of methoxy groups -OCH3 is 1. The fraction of sp³-hybridized carbons (Fsp3) is 0.375. The molecular formula is C16H17FN2O5. The molecule has 1 heterocycles. The summed E-state index contributed by atoms with van der Waals surface area (Å²) in [5.41, 5.74) is -0.0244. The van der Waals surface area contributed by atoms with Crippen molar-refractivity contribution in [2.75, 3.05) is 20.2 Å². The van der Waals surface area contributed by atoms with E-state index in [9.17, 15) is 23.6 Å². The molecule has 1 aromatic carbocycles. The van der Waals surface area contributed by atoms with Crippen LogP contribution in [0.15, 0.2) is 18.2 Å². The average molecular weight is 336 g/mol. The summed E-state index contributed by atoms with van der Waals surface area (Å²) in [5.74, 6) is -3.45. The minimum Gasteiger partial charge on any atom is -0.494 e. The molecule has 0 atom stereocenters. The van der Waals surface area contributed by atoms with Crippen molar-refractivity contribution >= 4 is 23.6 Å². The number of rotatable bonds is 6. The first kappa shape index (κ1) is 17.6. The Bertz CT molecular complexity index is 716. The van der Waals surface area contributed by atoms with E-state index in [0.717, 1.165) is 11.0 Å². The summed E-state index contributed by atoms with van der Waals surface area (Å²) < 4.78 is 18.4. The predicted octanol–water partition coefficient (Wildman–Crippen LogP) is 1.46. The monoisotopic (exact) mass is 336 g/mol. The van der Waals surface area contributed by atoms with E-state index in [1.807, 2.05) is 0 Å².